The Labute approximate surface area is 191 Å². The zero-order chi connectivity index (χ0) is 22.2. The van der Waals surface area contributed by atoms with Crippen molar-refractivity contribution in [3.8, 4) is 0 Å². The predicted molar refractivity (Wildman–Crippen MR) is 124 cm³/mol. The van der Waals surface area contributed by atoms with Crippen molar-refractivity contribution in [3.63, 3.8) is 0 Å². The largest absolute Gasteiger partial charge is 0.346 e. The molecule has 0 saturated carbocycles. The Morgan fingerprint density at radius 3 is 2.28 bits per heavy atom. The highest BCUT2D eigenvalue weighted by Gasteiger charge is 2.67. The molecule has 3 fully saturated rings. The second kappa shape index (κ2) is 8.56. The van der Waals surface area contributed by atoms with Crippen molar-refractivity contribution >= 4 is 9.84 Å². The first kappa shape index (κ1) is 22.1. The first-order chi connectivity index (χ1) is 15.5. The molecule has 1 spiro atoms. The van der Waals surface area contributed by atoms with Crippen LogP contribution in [0.1, 0.15) is 51.0 Å². The van der Waals surface area contributed by atoms with Gasteiger partial charge in [0.15, 0.2) is 15.6 Å². The number of hydrogen-bond donors (Lipinski definition) is 0. The second-order valence-electron chi connectivity index (χ2n) is 9.43. The van der Waals surface area contributed by atoms with Crippen LogP contribution in [0.15, 0.2) is 65.6 Å². The van der Waals surface area contributed by atoms with Crippen LogP contribution in [0.25, 0.3) is 0 Å². The monoisotopic (exact) mass is 455 g/mol. The first-order valence-electron chi connectivity index (χ1n) is 11.9. The van der Waals surface area contributed by atoms with Crippen molar-refractivity contribution in [3.05, 3.63) is 66.2 Å². The molecule has 1 unspecified atom stereocenters. The average Bonchev–Trinajstić information content (AvgIpc) is 3.37. The molecule has 3 aliphatic rings. The van der Waals surface area contributed by atoms with Crippen LogP contribution in [0.4, 0.5) is 0 Å². The van der Waals surface area contributed by atoms with E-state index < -0.39 is 20.4 Å². The van der Waals surface area contributed by atoms with Gasteiger partial charge in [-0.3, -0.25) is 4.90 Å². The molecule has 2 aromatic rings. The van der Waals surface area contributed by atoms with Crippen LogP contribution in [-0.2, 0) is 25.9 Å². The van der Waals surface area contributed by atoms with Crippen LogP contribution in [-0.4, -0.2) is 49.1 Å². The molecular weight excluding hydrogens is 422 g/mol. The van der Waals surface area contributed by atoms with E-state index in [2.05, 4.69) is 24.0 Å². The van der Waals surface area contributed by atoms with Gasteiger partial charge in [-0.25, -0.2) is 8.42 Å². The number of piperidine rings is 1. The summed E-state index contributed by atoms with van der Waals surface area (Å²) in [6.45, 7) is 4.00. The molecule has 0 radical (unpaired) electrons. The van der Waals surface area contributed by atoms with Crippen molar-refractivity contribution in [1.29, 1.82) is 0 Å². The first-order valence-corrected chi connectivity index (χ1v) is 13.4. The lowest BCUT2D eigenvalue weighted by atomic mass is 9.90. The molecular formula is C26H33NO4S. The summed E-state index contributed by atoms with van der Waals surface area (Å²) in [5.74, 6) is -0.689. The standard InChI is InChI=1S/C26H33NO4S/c1-2-3-15-25(32(28,29)22-12-8-5-9-13-22)19-24-26(30-17-18-31-26)16-14-23(25)27(24)20-21-10-6-4-7-11-21/h4-13,23-24H,2-3,14-20H2,1H3/t23-,24-,25?/m1/s1. The molecule has 32 heavy (non-hydrogen) atoms. The molecule has 3 aliphatic heterocycles. The fourth-order valence-corrected chi connectivity index (χ4v) is 8.65. The highest BCUT2D eigenvalue weighted by Crippen LogP contribution is 2.56. The number of unbranched alkanes of at least 4 members (excludes halogenated alkanes) is 1. The lowest BCUT2D eigenvalue weighted by Gasteiger charge is -2.46. The molecule has 5 rings (SSSR count). The molecule has 6 heteroatoms. The van der Waals surface area contributed by atoms with Gasteiger partial charge in [0.05, 0.1) is 28.9 Å². The zero-order valence-corrected chi connectivity index (χ0v) is 19.6. The van der Waals surface area contributed by atoms with Crippen molar-refractivity contribution in [1.82, 2.24) is 4.90 Å². The maximum absolute atomic E-state index is 14.3. The van der Waals surface area contributed by atoms with Crippen LogP contribution in [0.5, 0.6) is 0 Å². The Morgan fingerprint density at radius 2 is 1.62 bits per heavy atom. The SMILES string of the molecule is CCCCC1(S(=O)(=O)c2ccccc2)C[C@H]2N(Cc3ccccc3)[C@@H]1CCC21OCCO1. The van der Waals surface area contributed by atoms with Crippen molar-refractivity contribution < 1.29 is 17.9 Å². The van der Waals surface area contributed by atoms with Crippen LogP contribution in [0.2, 0.25) is 0 Å². The van der Waals surface area contributed by atoms with Crippen LogP contribution >= 0.6 is 0 Å². The summed E-state index contributed by atoms with van der Waals surface area (Å²) in [6.07, 6.45) is 4.61. The third-order valence-electron chi connectivity index (χ3n) is 7.75. The predicted octanol–water partition coefficient (Wildman–Crippen LogP) is 4.57. The minimum absolute atomic E-state index is 0.0529. The average molecular weight is 456 g/mol. The van der Waals surface area contributed by atoms with E-state index in [0.29, 0.717) is 37.5 Å². The normalized spacial score (nSPS) is 29.5. The zero-order valence-electron chi connectivity index (χ0n) is 18.8. The van der Waals surface area contributed by atoms with Crippen LogP contribution < -0.4 is 0 Å². The molecule has 3 saturated heterocycles. The fourth-order valence-electron chi connectivity index (χ4n) is 6.27. The summed E-state index contributed by atoms with van der Waals surface area (Å²) in [5, 5.41) is 0. The quantitative estimate of drug-likeness (QED) is 0.612. The Bertz CT molecular complexity index is 1020. The summed E-state index contributed by atoms with van der Waals surface area (Å²) in [4.78, 5) is 2.84. The number of ether oxygens (including phenoxy) is 2. The number of sulfone groups is 1. The number of benzene rings is 2. The van der Waals surface area contributed by atoms with Gasteiger partial charge in [-0.1, -0.05) is 68.3 Å². The van der Waals surface area contributed by atoms with E-state index in [1.54, 1.807) is 12.1 Å². The van der Waals surface area contributed by atoms with Gasteiger partial charge in [0.2, 0.25) is 0 Å². The molecule has 3 atom stereocenters. The van der Waals surface area contributed by atoms with Gasteiger partial charge in [0.25, 0.3) is 0 Å². The van der Waals surface area contributed by atoms with Gasteiger partial charge in [-0.15, -0.1) is 0 Å². The Balaban J connectivity index is 1.61. The van der Waals surface area contributed by atoms with E-state index in [1.165, 1.54) is 5.56 Å². The van der Waals surface area contributed by atoms with Gasteiger partial charge in [0, 0.05) is 19.0 Å². The van der Waals surface area contributed by atoms with Gasteiger partial charge in [0.1, 0.15) is 0 Å². The minimum Gasteiger partial charge on any atom is -0.346 e. The van der Waals surface area contributed by atoms with Gasteiger partial charge < -0.3 is 9.47 Å². The van der Waals surface area contributed by atoms with Gasteiger partial charge in [-0.05, 0) is 37.0 Å². The van der Waals surface area contributed by atoms with Crippen LogP contribution in [0.3, 0.4) is 0 Å². The highest BCUT2D eigenvalue weighted by atomic mass is 32.2. The highest BCUT2D eigenvalue weighted by molar-refractivity contribution is 7.93. The van der Waals surface area contributed by atoms with Crippen molar-refractivity contribution in [2.45, 2.75) is 79.5 Å². The maximum atomic E-state index is 14.3. The molecule has 2 bridgehead atoms. The minimum atomic E-state index is -3.55. The number of hydrogen-bond acceptors (Lipinski definition) is 5. The molecule has 0 aromatic heterocycles. The molecule has 0 amide bonds. The Kier molecular flexibility index (Phi) is 5.91. The summed E-state index contributed by atoms with van der Waals surface area (Å²) < 4.78 is 40.2. The van der Waals surface area contributed by atoms with E-state index in [4.69, 9.17) is 9.47 Å². The second-order valence-corrected chi connectivity index (χ2v) is 11.7. The number of nitrogens with zero attached hydrogens (tertiary/aromatic N) is 1. The molecule has 2 aromatic carbocycles. The lowest BCUT2D eigenvalue weighted by Crippen LogP contribution is -2.58. The van der Waals surface area contributed by atoms with Crippen molar-refractivity contribution in [2.75, 3.05) is 13.2 Å². The number of rotatable bonds is 7. The van der Waals surface area contributed by atoms with Gasteiger partial charge >= 0.3 is 0 Å². The summed E-state index contributed by atoms with van der Waals surface area (Å²) in [5.41, 5.74) is 1.20. The number of fused-ring (bicyclic) bond motifs is 3. The smallest absolute Gasteiger partial charge is 0.185 e. The maximum Gasteiger partial charge on any atom is 0.185 e. The lowest BCUT2D eigenvalue weighted by molar-refractivity contribution is -0.220. The van der Waals surface area contributed by atoms with Crippen LogP contribution in [0, 0.1) is 0 Å². The third kappa shape index (κ3) is 3.43. The summed E-state index contributed by atoms with van der Waals surface area (Å²) in [7, 11) is -3.55. The van der Waals surface area contributed by atoms with E-state index >= 15 is 0 Å². The molecule has 0 N–H and O–H groups in total. The molecule has 3 heterocycles. The Morgan fingerprint density at radius 1 is 0.969 bits per heavy atom. The molecule has 172 valence electrons. The van der Waals surface area contributed by atoms with E-state index in [1.807, 2.05) is 36.4 Å². The van der Waals surface area contributed by atoms with Crippen molar-refractivity contribution in [2.24, 2.45) is 0 Å². The fraction of sp³-hybridized carbons (Fsp3) is 0.538. The third-order valence-corrected chi connectivity index (χ3v) is 10.4. The summed E-state index contributed by atoms with van der Waals surface area (Å²) in [6, 6.07) is 19.3. The Hall–Kier alpha value is -1.73. The molecule has 0 aliphatic carbocycles. The van der Waals surface area contributed by atoms with E-state index in [-0.39, 0.29) is 12.1 Å². The molecule has 5 nitrogen and oxygen atoms in total. The van der Waals surface area contributed by atoms with Gasteiger partial charge in [-0.2, -0.15) is 0 Å². The van der Waals surface area contributed by atoms with E-state index in [0.717, 1.165) is 25.7 Å². The summed E-state index contributed by atoms with van der Waals surface area (Å²) >= 11 is 0. The topological polar surface area (TPSA) is 55.8 Å². The van der Waals surface area contributed by atoms with E-state index in [9.17, 15) is 8.42 Å².